The number of rotatable bonds is 1. The molecule has 1 saturated carbocycles. The van der Waals surface area contributed by atoms with Crippen molar-refractivity contribution < 1.29 is 8.78 Å². The quantitative estimate of drug-likeness (QED) is 0.723. The highest BCUT2D eigenvalue weighted by molar-refractivity contribution is 5.77. The predicted molar refractivity (Wildman–Crippen MR) is 57.3 cm³/mol. The highest BCUT2D eigenvalue weighted by Gasteiger charge is 2.25. The maximum atomic E-state index is 13.8. The molecule has 1 aromatic carbocycles. The van der Waals surface area contributed by atoms with Crippen molar-refractivity contribution in [2.45, 2.75) is 32.2 Å². The van der Waals surface area contributed by atoms with Crippen LogP contribution in [0.15, 0.2) is 12.1 Å². The summed E-state index contributed by atoms with van der Waals surface area (Å²) in [6.45, 7) is 1.84. The lowest BCUT2D eigenvalue weighted by molar-refractivity contribution is 0.313. The van der Waals surface area contributed by atoms with Crippen LogP contribution in [0.2, 0.25) is 0 Å². The van der Waals surface area contributed by atoms with Crippen LogP contribution < -0.4 is 0 Å². The summed E-state index contributed by atoms with van der Waals surface area (Å²) in [5, 5.41) is 0. The first kappa shape index (κ1) is 9.75. The Labute approximate surface area is 91.9 Å². The molecule has 2 aromatic rings. The zero-order chi connectivity index (χ0) is 11.3. The third-order valence-electron chi connectivity index (χ3n) is 3.36. The Morgan fingerprint density at radius 1 is 1.31 bits per heavy atom. The number of aryl methyl sites for hydroxylation is 1. The van der Waals surface area contributed by atoms with Crippen LogP contribution in [0.1, 0.15) is 31.1 Å². The van der Waals surface area contributed by atoms with E-state index in [-0.39, 0.29) is 0 Å². The van der Waals surface area contributed by atoms with Gasteiger partial charge in [0.05, 0.1) is 5.52 Å². The molecule has 1 aliphatic carbocycles. The van der Waals surface area contributed by atoms with Crippen LogP contribution in [-0.2, 0) is 0 Å². The minimum absolute atomic E-state index is 0.293. The number of benzene rings is 1. The topological polar surface area (TPSA) is 17.8 Å². The molecule has 0 saturated heterocycles. The second kappa shape index (κ2) is 3.27. The average Bonchev–Trinajstić information content (AvgIpc) is 2.49. The molecule has 0 spiro atoms. The third kappa shape index (κ3) is 1.19. The molecule has 1 aliphatic rings. The van der Waals surface area contributed by atoms with E-state index in [2.05, 4.69) is 4.98 Å². The second-order valence-corrected chi connectivity index (χ2v) is 4.34. The van der Waals surface area contributed by atoms with Crippen LogP contribution in [0.25, 0.3) is 11.0 Å². The van der Waals surface area contributed by atoms with E-state index in [0.29, 0.717) is 17.1 Å². The molecular weight excluding hydrogens is 210 g/mol. The van der Waals surface area contributed by atoms with Crippen molar-refractivity contribution in [3.8, 4) is 0 Å². The second-order valence-electron chi connectivity index (χ2n) is 4.34. The number of halogens is 2. The van der Waals surface area contributed by atoms with Gasteiger partial charge in [-0.05, 0) is 38.3 Å². The average molecular weight is 222 g/mol. The van der Waals surface area contributed by atoms with E-state index in [0.717, 1.165) is 31.2 Å². The highest BCUT2D eigenvalue weighted by Crippen LogP contribution is 2.36. The maximum absolute atomic E-state index is 13.8. The minimum Gasteiger partial charge on any atom is -0.323 e. The van der Waals surface area contributed by atoms with E-state index in [1.54, 1.807) is 0 Å². The van der Waals surface area contributed by atoms with E-state index in [1.807, 2.05) is 11.5 Å². The van der Waals surface area contributed by atoms with Crippen molar-refractivity contribution >= 4 is 11.0 Å². The molecule has 0 radical (unpaired) electrons. The van der Waals surface area contributed by atoms with E-state index >= 15 is 0 Å². The molecule has 0 unspecified atom stereocenters. The standard InChI is InChI=1S/C12H12F2N2/c1-7-15-10-6-5-9(13)11(14)12(10)16(7)8-3-2-4-8/h5-6,8H,2-4H2,1H3. The normalized spacial score (nSPS) is 16.7. The molecule has 1 heterocycles. The van der Waals surface area contributed by atoms with Crippen LogP contribution in [0, 0.1) is 18.6 Å². The number of aromatic nitrogens is 2. The molecule has 0 aliphatic heterocycles. The largest absolute Gasteiger partial charge is 0.323 e. The third-order valence-corrected chi connectivity index (χ3v) is 3.36. The summed E-state index contributed by atoms with van der Waals surface area (Å²) in [6, 6.07) is 2.96. The Bertz CT molecular complexity index is 556. The molecule has 0 amide bonds. The van der Waals surface area contributed by atoms with Crippen molar-refractivity contribution in [3.05, 3.63) is 29.6 Å². The van der Waals surface area contributed by atoms with Gasteiger partial charge in [0.1, 0.15) is 11.3 Å². The molecule has 0 atom stereocenters. The summed E-state index contributed by atoms with van der Waals surface area (Å²) in [5.74, 6) is -0.804. The van der Waals surface area contributed by atoms with Gasteiger partial charge in [0.25, 0.3) is 0 Å². The summed E-state index contributed by atoms with van der Waals surface area (Å²) in [7, 11) is 0. The molecule has 1 fully saturated rings. The van der Waals surface area contributed by atoms with Gasteiger partial charge in [0.2, 0.25) is 0 Å². The van der Waals surface area contributed by atoms with Crippen molar-refractivity contribution in [2.75, 3.05) is 0 Å². The molecule has 1 aromatic heterocycles. The number of fused-ring (bicyclic) bond motifs is 1. The summed E-state index contributed by atoms with van der Waals surface area (Å²) in [5.41, 5.74) is 0.866. The molecule has 16 heavy (non-hydrogen) atoms. The maximum Gasteiger partial charge on any atom is 0.184 e. The van der Waals surface area contributed by atoms with Crippen molar-refractivity contribution in [1.29, 1.82) is 0 Å². The van der Waals surface area contributed by atoms with Gasteiger partial charge in [-0.15, -0.1) is 0 Å². The Balaban J connectivity index is 2.32. The van der Waals surface area contributed by atoms with Gasteiger partial charge in [-0.1, -0.05) is 0 Å². The lowest BCUT2D eigenvalue weighted by Crippen LogP contribution is -2.18. The fourth-order valence-corrected chi connectivity index (χ4v) is 2.33. The Morgan fingerprint density at radius 2 is 2.06 bits per heavy atom. The van der Waals surface area contributed by atoms with E-state index in [4.69, 9.17) is 0 Å². The molecule has 84 valence electrons. The number of hydrogen-bond acceptors (Lipinski definition) is 1. The highest BCUT2D eigenvalue weighted by atomic mass is 19.2. The zero-order valence-corrected chi connectivity index (χ0v) is 9.00. The van der Waals surface area contributed by atoms with Crippen LogP contribution in [0.4, 0.5) is 8.78 Å². The van der Waals surface area contributed by atoms with E-state index < -0.39 is 11.6 Å². The molecule has 0 N–H and O–H groups in total. The van der Waals surface area contributed by atoms with Gasteiger partial charge in [-0.25, -0.2) is 13.8 Å². The van der Waals surface area contributed by atoms with Gasteiger partial charge < -0.3 is 4.57 Å². The van der Waals surface area contributed by atoms with Crippen LogP contribution in [0.5, 0.6) is 0 Å². The monoisotopic (exact) mass is 222 g/mol. The minimum atomic E-state index is -0.798. The van der Waals surface area contributed by atoms with Crippen molar-refractivity contribution in [2.24, 2.45) is 0 Å². The molecule has 0 bridgehead atoms. The first-order valence-corrected chi connectivity index (χ1v) is 5.51. The number of hydrogen-bond donors (Lipinski definition) is 0. The Morgan fingerprint density at radius 3 is 2.69 bits per heavy atom. The summed E-state index contributed by atoms with van der Waals surface area (Å²) >= 11 is 0. The lowest BCUT2D eigenvalue weighted by atomic mass is 9.92. The molecule has 4 heteroatoms. The fraction of sp³-hybridized carbons (Fsp3) is 0.417. The lowest BCUT2D eigenvalue weighted by Gasteiger charge is -2.28. The predicted octanol–water partition coefficient (Wildman–Crippen LogP) is 3.35. The molecule has 2 nitrogen and oxygen atoms in total. The van der Waals surface area contributed by atoms with Crippen molar-refractivity contribution in [1.82, 2.24) is 9.55 Å². The van der Waals surface area contributed by atoms with Gasteiger partial charge in [-0.2, -0.15) is 0 Å². The summed E-state index contributed by atoms with van der Waals surface area (Å²) < 4.78 is 28.8. The van der Waals surface area contributed by atoms with E-state index in [9.17, 15) is 8.78 Å². The van der Waals surface area contributed by atoms with Crippen LogP contribution >= 0.6 is 0 Å². The fourth-order valence-electron chi connectivity index (χ4n) is 2.33. The smallest absolute Gasteiger partial charge is 0.184 e. The summed E-state index contributed by atoms with van der Waals surface area (Å²) in [6.07, 6.45) is 3.21. The van der Waals surface area contributed by atoms with E-state index in [1.165, 1.54) is 6.07 Å². The van der Waals surface area contributed by atoms with Crippen LogP contribution in [0.3, 0.4) is 0 Å². The van der Waals surface area contributed by atoms with Crippen molar-refractivity contribution in [3.63, 3.8) is 0 Å². The first-order valence-electron chi connectivity index (χ1n) is 5.51. The Kier molecular flexibility index (Phi) is 1.99. The van der Waals surface area contributed by atoms with Gasteiger partial charge >= 0.3 is 0 Å². The number of imidazole rings is 1. The first-order chi connectivity index (χ1) is 7.68. The van der Waals surface area contributed by atoms with Gasteiger partial charge in [0, 0.05) is 6.04 Å². The Hall–Kier alpha value is -1.45. The van der Waals surface area contributed by atoms with Gasteiger partial charge in [-0.3, -0.25) is 0 Å². The zero-order valence-electron chi connectivity index (χ0n) is 9.00. The number of nitrogens with zero attached hydrogens (tertiary/aromatic N) is 2. The molecular formula is C12H12F2N2. The summed E-state index contributed by atoms with van der Waals surface area (Å²) in [4.78, 5) is 4.27. The van der Waals surface area contributed by atoms with Crippen LogP contribution in [-0.4, -0.2) is 9.55 Å². The van der Waals surface area contributed by atoms with Gasteiger partial charge in [0.15, 0.2) is 11.6 Å². The SMILES string of the molecule is Cc1nc2ccc(F)c(F)c2n1C1CCC1. The molecule has 3 rings (SSSR count).